The van der Waals surface area contributed by atoms with Gasteiger partial charge in [0.1, 0.15) is 23.4 Å². The van der Waals surface area contributed by atoms with Crippen LogP contribution in [0.3, 0.4) is 0 Å². The lowest BCUT2D eigenvalue weighted by molar-refractivity contribution is -0.157. The number of hydrogen-bond donors (Lipinski definition) is 1. The second kappa shape index (κ2) is 12.0. The summed E-state index contributed by atoms with van der Waals surface area (Å²) >= 11 is 0. The molecule has 3 rings (SSSR count). The number of aromatic nitrogens is 1. The Morgan fingerprint density at radius 3 is 2.36 bits per heavy atom. The lowest BCUT2D eigenvalue weighted by Crippen LogP contribution is -2.30. The molecule has 36 heavy (non-hydrogen) atoms. The number of benzene rings is 2. The van der Waals surface area contributed by atoms with Gasteiger partial charge in [-0.15, -0.1) is 0 Å². The molecule has 0 amide bonds. The number of hydrogen-bond acceptors (Lipinski definition) is 8. The van der Waals surface area contributed by atoms with Gasteiger partial charge in [-0.25, -0.2) is 9.37 Å². The standard InChI is InChI=1S/C27H28FNO7/c1-16(14-21(30)24-25(31)22(33-3)12-13-29-24)27(32)35-17(2)26(36-19-8-6-5-7-9-19)20-11-10-18(28)15-23(20)34-4/h5-13,15-17,26,31H,14H2,1-4H3/t16-,17+,26+/m1/s1. The number of pyridine rings is 1. The summed E-state index contributed by atoms with van der Waals surface area (Å²) in [7, 11) is 2.76. The fourth-order valence-corrected chi connectivity index (χ4v) is 3.60. The molecule has 3 aromatic rings. The van der Waals surface area contributed by atoms with Gasteiger partial charge in [0.15, 0.2) is 29.1 Å². The second-order valence-corrected chi connectivity index (χ2v) is 8.12. The van der Waals surface area contributed by atoms with Crippen molar-refractivity contribution >= 4 is 11.8 Å². The molecule has 3 atom stereocenters. The Bertz CT molecular complexity index is 1200. The topological polar surface area (TPSA) is 104 Å². The number of carbonyl (C=O) groups excluding carboxylic acids is 2. The van der Waals surface area contributed by atoms with Gasteiger partial charge in [-0.05, 0) is 31.2 Å². The maximum atomic E-state index is 13.8. The second-order valence-electron chi connectivity index (χ2n) is 8.12. The van der Waals surface area contributed by atoms with Gasteiger partial charge in [-0.1, -0.05) is 25.1 Å². The molecule has 0 fully saturated rings. The molecule has 0 radical (unpaired) electrons. The zero-order valence-corrected chi connectivity index (χ0v) is 20.4. The molecule has 0 aliphatic rings. The summed E-state index contributed by atoms with van der Waals surface area (Å²) in [6.07, 6.45) is -0.584. The molecule has 0 aliphatic carbocycles. The Kier molecular flexibility index (Phi) is 8.83. The molecule has 0 saturated carbocycles. The number of nitrogens with zero attached hydrogens (tertiary/aromatic N) is 1. The molecule has 8 nitrogen and oxygen atoms in total. The molecule has 0 aliphatic heterocycles. The Morgan fingerprint density at radius 1 is 1.00 bits per heavy atom. The first-order valence-electron chi connectivity index (χ1n) is 11.3. The summed E-state index contributed by atoms with van der Waals surface area (Å²) in [6.45, 7) is 3.17. The Balaban J connectivity index is 1.78. The van der Waals surface area contributed by atoms with Crippen molar-refractivity contribution in [1.29, 1.82) is 0 Å². The predicted molar refractivity (Wildman–Crippen MR) is 129 cm³/mol. The molecule has 2 aromatic carbocycles. The fourth-order valence-electron chi connectivity index (χ4n) is 3.60. The van der Waals surface area contributed by atoms with E-state index in [4.69, 9.17) is 18.9 Å². The first kappa shape index (κ1) is 26.5. The van der Waals surface area contributed by atoms with Crippen molar-refractivity contribution in [3.63, 3.8) is 0 Å². The van der Waals surface area contributed by atoms with Crippen molar-refractivity contribution in [2.75, 3.05) is 14.2 Å². The van der Waals surface area contributed by atoms with E-state index >= 15 is 0 Å². The van der Waals surface area contributed by atoms with Crippen LogP contribution in [0.2, 0.25) is 0 Å². The number of ketones is 1. The van der Waals surface area contributed by atoms with Gasteiger partial charge in [0, 0.05) is 30.3 Å². The predicted octanol–water partition coefficient (Wildman–Crippen LogP) is 4.90. The molecule has 0 saturated heterocycles. The third kappa shape index (κ3) is 6.29. The van der Waals surface area contributed by atoms with Crippen LogP contribution >= 0.6 is 0 Å². The van der Waals surface area contributed by atoms with Crippen LogP contribution < -0.4 is 14.2 Å². The Morgan fingerprint density at radius 2 is 1.69 bits per heavy atom. The van der Waals surface area contributed by atoms with Crippen LogP contribution in [0.1, 0.15) is 42.4 Å². The molecule has 1 N–H and O–H groups in total. The molecule has 0 spiro atoms. The number of Topliss-reactive ketones (excluding diaryl/α,β-unsaturated/α-hetero) is 1. The monoisotopic (exact) mass is 497 g/mol. The smallest absolute Gasteiger partial charge is 0.309 e. The molecule has 9 heteroatoms. The summed E-state index contributed by atoms with van der Waals surface area (Å²) in [5, 5.41) is 10.2. The lowest BCUT2D eigenvalue weighted by Gasteiger charge is -2.27. The zero-order chi connectivity index (χ0) is 26.2. The van der Waals surface area contributed by atoms with Gasteiger partial charge >= 0.3 is 5.97 Å². The number of rotatable bonds is 11. The number of para-hydroxylation sites is 1. The van der Waals surface area contributed by atoms with Gasteiger partial charge in [0.25, 0.3) is 0 Å². The van der Waals surface area contributed by atoms with Crippen LogP contribution in [0.15, 0.2) is 60.8 Å². The Hall–Kier alpha value is -4.14. The number of aromatic hydroxyl groups is 1. The minimum Gasteiger partial charge on any atom is -0.503 e. The quantitative estimate of drug-likeness (QED) is 0.295. The number of esters is 1. The van der Waals surface area contributed by atoms with Crippen molar-refractivity contribution in [2.24, 2.45) is 5.92 Å². The van der Waals surface area contributed by atoms with Crippen LogP contribution in [-0.4, -0.2) is 42.2 Å². The number of methoxy groups -OCH3 is 2. The summed E-state index contributed by atoms with van der Waals surface area (Å²) in [4.78, 5) is 29.5. The third-order valence-electron chi connectivity index (χ3n) is 5.50. The fraction of sp³-hybridized carbons (Fsp3) is 0.296. The van der Waals surface area contributed by atoms with Crippen LogP contribution in [0.5, 0.6) is 23.0 Å². The Labute approximate surface area is 208 Å². The van der Waals surface area contributed by atoms with Gasteiger partial charge in [-0.2, -0.15) is 0 Å². The minimum atomic E-state index is -0.847. The number of ether oxygens (including phenoxy) is 4. The van der Waals surface area contributed by atoms with Gasteiger partial charge < -0.3 is 24.1 Å². The molecule has 0 bridgehead atoms. The average molecular weight is 498 g/mol. The maximum Gasteiger partial charge on any atom is 0.309 e. The van der Waals surface area contributed by atoms with Crippen LogP contribution in [0, 0.1) is 11.7 Å². The summed E-state index contributed by atoms with van der Waals surface area (Å²) < 4.78 is 35.9. The SMILES string of the molecule is COc1cc(F)ccc1[C@@H](Oc1ccccc1)[C@H](C)OC(=O)[C@H](C)CC(=O)c1nccc(OC)c1O. The molecular formula is C27H28FNO7. The van der Waals surface area contributed by atoms with E-state index < -0.39 is 41.4 Å². The third-order valence-corrected chi connectivity index (χ3v) is 5.50. The highest BCUT2D eigenvalue weighted by Crippen LogP contribution is 2.34. The van der Waals surface area contributed by atoms with E-state index in [0.717, 1.165) is 0 Å². The molecular weight excluding hydrogens is 469 g/mol. The maximum absolute atomic E-state index is 13.8. The van der Waals surface area contributed by atoms with Gasteiger partial charge in [-0.3, -0.25) is 9.59 Å². The van der Waals surface area contributed by atoms with Crippen molar-refractivity contribution < 1.29 is 38.0 Å². The van der Waals surface area contributed by atoms with E-state index in [-0.39, 0.29) is 23.6 Å². The summed E-state index contributed by atoms with van der Waals surface area (Å²) in [6, 6.07) is 14.3. The number of halogens is 1. The highest BCUT2D eigenvalue weighted by molar-refractivity contribution is 5.99. The molecule has 0 unspecified atom stereocenters. The summed E-state index contributed by atoms with van der Waals surface area (Å²) in [5.41, 5.74) is 0.292. The first-order valence-corrected chi connectivity index (χ1v) is 11.3. The van der Waals surface area contributed by atoms with Gasteiger partial charge in [0.05, 0.1) is 20.1 Å². The van der Waals surface area contributed by atoms with Crippen LogP contribution in [0.25, 0.3) is 0 Å². The molecule has 190 valence electrons. The van der Waals surface area contributed by atoms with Crippen molar-refractivity contribution in [3.8, 4) is 23.0 Å². The van der Waals surface area contributed by atoms with Crippen molar-refractivity contribution in [3.05, 3.63) is 77.9 Å². The minimum absolute atomic E-state index is 0.103. The number of carbonyl (C=O) groups is 2. The van der Waals surface area contributed by atoms with E-state index in [9.17, 15) is 19.1 Å². The highest BCUT2D eigenvalue weighted by atomic mass is 19.1. The molecule has 1 aromatic heterocycles. The van der Waals surface area contributed by atoms with E-state index in [0.29, 0.717) is 11.3 Å². The van der Waals surface area contributed by atoms with E-state index in [1.165, 1.54) is 51.6 Å². The van der Waals surface area contributed by atoms with Crippen molar-refractivity contribution in [2.45, 2.75) is 32.5 Å². The van der Waals surface area contributed by atoms with Crippen LogP contribution in [0.4, 0.5) is 4.39 Å². The van der Waals surface area contributed by atoms with E-state index in [2.05, 4.69) is 4.98 Å². The molecule has 1 heterocycles. The van der Waals surface area contributed by atoms with Gasteiger partial charge in [0.2, 0.25) is 0 Å². The zero-order valence-electron chi connectivity index (χ0n) is 20.4. The van der Waals surface area contributed by atoms with Crippen LogP contribution in [-0.2, 0) is 9.53 Å². The lowest BCUT2D eigenvalue weighted by atomic mass is 10.0. The average Bonchev–Trinajstić information content (AvgIpc) is 2.87. The van der Waals surface area contributed by atoms with Crippen molar-refractivity contribution in [1.82, 2.24) is 4.98 Å². The highest BCUT2D eigenvalue weighted by Gasteiger charge is 2.31. The first-order chi connectivity index (χ1) is 17.2. The normalized spacial score (nSPS) is 13.2. The van der Waals surface area contributed by atoms with E-state index in [1.807, 2.05) is 6.07 Å². The van der Waals surface area contributed by atoms with E-state index in [1.54, 1.807) is 31.2 Å². The summed E-state index contributed by atoms with van der Waals surface area (Å²) in [5.74, 6) is -2.06. The largest absolute Gasteiger partial charge is 0.503 e.